The molecule has 0 rings (SSSR count). The highest BCUT2D eigenvalue weighted by atomic mass is 127. The molecule has 12 heavy (non-hydrogen) atoms. The molecule has 74 valence electrons. The second kappa shape index (κ2) is 10.5. The molecule has 0 unspecified atom stereocenters. The van der Waals surface area contributed by atoms with Gasteiger partial charge in [0.15, 0.2) is 0 Å². The van der Waals surface area contributed by atoms with Crippen LogP contribution in [0.2, 0.25) is 0 Å². The Kier molecular flexibility index (Phi) is 11.7. The van der Waals surface area contributed by atoms with Crippen molar-refractivity contribution in [2.75, 3.05) is 26.9 Å². The summed E-state index contributed by atoms with van der Waals surface area (Å²) in [5.74, 6) is 0. The van der Waals surface area contributed by atoms with Gasteiger partial charge in [0.25, 0.3) is 0 Å². The lowest BCUT2D eigenvalue weighted by Crippen LogP contribution is -2.03. The van der Waals surface area contributed by atoms with Gasteiger partial charge in [0.1, 0.15) is 0 Å². The lowest BCUT2D eigenvalue weighted by molar-refractivity contribution is 0.0687. The summed E-state index contributed by atoms with van der Waals surface area (Å²) in [6.45, 7) is 2.32. The van der Waals surface area contributed by atoms with Crippen molar-refractivity contribution in [2.45, 2.75) is 21.2 Å². The van der Waals surface area contributed by atoms with E-state index in [-0.39, 0.29) is 0 Å². The minimum atomic E-state index is 0.710. The summed E-state index contributed by atoms with van der Waals surface area (Å²) in [6, 6.07) is 0. The second-order valence-electron chi connectivity index (χ2n) is 2.49. The van der Waals surface area contributed by atoms with E-state index >= 15 is 0 Å². The van der Waals surface area contributed by atoms with E-state index < -0.39 is 0 Å². The molecule has 0 spiro atoms. The van der Waals surface area contributed by atoms with Crippen molar-refractivity contribution < 1.29 is 9.47 Å². The van der Waals surface area contributed by atoms with Crippen LogP contribution >= 0.6 is 45.2 Å². The van der Waals surface area contributed by atoms with Gasteiger partial charge in [-0.1, -0.05) is 45.2 Å². The topological polar surface area (TPSA) is 18.5 Å². The van der Waals surface area contributed by atoms with E-state index in [9.17, 15) is 0 Å². The van der Waals surface area contributed by atoms with Crippen LogP contribution < -0.4 is 0 Å². The highest BCUT2D eigenvalue weighted by molar-refractivity contribution is 14.2. The Hall–Kier alpha value is 1.38. The Bertz CT molecular complexity index is 89.1. The van der Waals surface area contributed by atoms with Crippen LogP contribution in [-0.4, -0.2) is 28.9 Å². The van der Waals surface area contributed by atoms with Gasteiger partial charge >= 0.3 is 0 Å². The zero-order chi connectivity index (χ0) is 9.23. The van der Waals surface area contributed by atoms with Crippen molar-refractivity contribution in [1.82, 2.24) is 0 Å². The fraction of sp³-hybridized carbons (Fsp3) is 1.00. The first-order chi connectivity index (χ1) is 5.77. The summed E-state index contributed by atoms with van der Waals surface area (Å²) in [5, 5.41) is 0. The van der Waals surface area contributed by atoms with Crippen LogP contribution in [0, 0.1) is 0 Å². The molecule has 0 saturated heterocycles. The molecule has 0 heterocycles. The number of hydrogen-bond donors (Lipinski definition) is 0. The Balaban J connectivity index is 2.82. The molecular weight excluding hydrogens is 382 g/mol. The number of rotatable bonds is 8. The number of alkyl halides is 2. The summed E-state index contributed by atoms with van der Waals surface area (Å²) in [6.07, 6.45) is 3.73. The van der Waals surface area contributed by atoms with Crippen LogP contribution in [0.25, 0.3) is 0 Å². The van der Waals surface area contributed by atoms with E-state index in [4.69, 9.17) is 9.47 Å². The first-order valence-electron chi connectivity index (χ1n) is 4.12. The minimum Gasteiger partial charge on any atom is -0.382 e. The van der Waals surface area contributed by atoms with Crippen molar-refractivity contribution in [2.24, 2.45) is 0 Å². The Labute approximate surface area is 102 Å². The molecule has 0 aliphatic rings. The Morgan fingerprint density at radius 1 is 1.08 bits per heavy atom. The van der Waals surface area contributed by atoms with Gasteiger partial charge in [-0.25, -0.2) is 0 Å². The molecule has 0 atom stereocenters. The highest BCUT2D eigenvalue weighted by Crippen LogP contribution is 2.16. The molecule has 0 fully saturated rings. The molecule has 0 aliphatic heterocycles. The van der Waals surface area contributed by atoms with Gasteiger partial charge in [-0.05, 0) is 19.3 Å². The standard InChI is InChI=1S/C8H16I2O2/c1-11-6-7-12-5-3-2-4-8(9)10/h8H,2-7H2,1H3. The van der Waals surface area contributed by atoms with E-state index in [1.807, 2.05) is 0 Å². The highest BCUT2D eigenvalue weighted by Gasteiger charge is 1.96. The summed E-state index contributed by atoms with van der Waals surface area (Å²) >= 11 is 4.89. The Morgan fingerprint density at radius 3 is 2.42 bits per heavy atom. The van der Waals surface area contributed by atoms with Gasteiger partial charge < -0.3 is 9.47 Å². The normalized spacial score (nSPS) is 11.0. The SMILES string of the molecule is COCCOCCCCC(I)I. The predicted molar refractivity (Wildman–Crippen MR) is 68.4 cm³/mol. The fourth-order valence-electron chi connectivity index (χ4n) is 0.747. The third-order valence-corrected chi connectivity index (χ3v) is 2.64. The van der Waals surface area contributed by atoms with Gasteiger partial charge in [-0.15, -0.1) is 0 Å². The third-order valence-electron chi connectivity index (χ3n) is 1.39. The molecule has 4 heteroatoms. The van der Waals surface area contributed by atoms with Gasteiger partial charge in [-0.3, -0.25) is 0 Å². The van der Waals surface area contributed by atoms with Crippen molar-refractivity contribution in [3.8, 4) is 0 Å². The number of hydrogen-bond acceptors (Lipinski definition) is 2. The molecule has 0 bridgehead atoms. The van der Waals surface area contributed by atoms with Crippen LogP contribution in [-0.2, 0) is 9.47 Å². The number of methoxy groups -OCH3 is 1. The largest absolute Gasteiger partial charge is 0.382 e. The zero-order valence-corrected chi connectivity index (χ0v) is 11.7. The third kappa shape index (κ3) is 11.4. The maximum absolute atomic E-state index is 5.33. The lowest BCUT2D eigenvalue weighted by atomic mass is 10.3. The molecular formula is C8H16I2O2. The number of halogens is 2. The van der Waals surface area contributed by atoms with Crippen molar-refractivity contribution in [1.29, 1.82) is 0 Å². The van der Waals surface area contributed by atoms with E-state index in [0.29, 0.717) is 6.61 Å². The first-order valence-corrected chi connectivity index (χ1v) is 6.61. The predicted octanol–water partition coefficient (Wildman–Crippen LogP) is 3.02. The molecule has 0 saturated carbocycles. The smallest absolute Gasteiger partial charge is 0.0700 e. The zero-order valence-electron chi connectivity index (χ0n) is 7.39. The van der Waals surface area contributed by atoms with E-state index in [1.165, 1.54) is 19.3 Å². The molecule has 2 nitrogen and oxygen atoms in total. The monoisotopic (exact) mass is 398 g/mol. The van der Waals surface area contributed by atoms with Crippen LogP contribution in [0.1, 0.15) is 19.3 Å². The van der Waals surface area contributed by atoms with Crippen LogP contribution in [0.3, 0.4) is 0 Å². The first kappa shape index (κ1) is 13.4. The maximum atomic E-state index is 5.33. The van der Waals surface area contributed by atoms with Gasteiger partial charge in [-0.2, -0.15) is 0 Å². The number of ether oxygens (including phenoxy) is 2. The van der Waals surface area contributed by atoms with Crippen LogP contribution in [0.15, 0.2) is 0 Å². The molecule has 0 aromatic rings. The van der Waals surface area contributed by atoms with Gasteiger partial charge in [0, 0.05) is 13.7 Å². The quantitative estimate of drug-likeness (QED) is 0.356. The summed E-state index contributed by atoms with van der Waals surface area (Å²) in [5.41, 5.74) is 0. The summed E-state index contributed by atoms with van der Waals surface area (Å²) < 4.78 is 10.9. The van der Waals surface area contributed by atoms with Crippen LogP contribution in [0.5, 0.6) is 0 Å². The van der Waals surface area contributed by atoms with E-state index in [0.717, 1.165) is 15.1 Å². The fourth-order valence-corrected chi connectivity index (χ4v) is 1.63. The van der Waals surface area contributed by atoms with Crippen molar-refractivity contribution >= 4 is 45.2 Å². The molecule has 0 amide bonds. The average molecular weight is 398 g/mol. The van der Waals surface area contributed by atoms with Gasteiger partial charge in [0.05, 0.1) is 15.1 Å². The van der Waals surface area contributed by atoms with Crippen molar-refractivity contribution in [3.05, 3.63) is 0 Å². The maximum Gasteiger partial charge on any atom is 0.0700 e. The molecule has 0 aromatic heterocycles. The Morgan fingerprint density at radius 2 is 1.83 bits per heavy atom. The number of unbranched alkanes of at least 4 members (excludes halogenated alkanes) is 1. The molecule has 0 aliphatic carbocycles. The summed E-state index contributed by atoms with van der Waals surface area (Å²) in [7, 11) is 1.69. The second-order valence-corrected chi connectivity index (χ2v) is 7.88. The molecule has 0 N–H and O–H groups in total. The van der Waals surface area contributed by atoms with Crippen LogP contribution in [0.4, 0.5) is 0 Å². The van der Waals surface area contributed by atoms with Crippen molar-refractivity contribution in [3.63, 3.8) is 0 Å². The van der Waals surface area contributed by atoms with E-state index in [2.05, 4.69) is 45.2 Å². The van der Waals surface area contributed by atoms with E-state index in [1.54, 1.807) is 7.11 Å². The lowest BCUT2D eigenvalue weighted by Gasteiger charge is -2.03. The molecule has 0 radical (unpaired) electrons. The summed E-state index contributed by atoms with van der Waals surface area (Å²) in [4.78, 5) is 0. The minimum absolute atomic E-state index is 0.710. The average Bonchev–Trinajstić information content (AvgIpc) is 2.02. The molecule has 0 aromatic carbocycles. The van der Waals surface area contributed by atoms with Gasteiger partial charge in [0.2, 0.25) is 0 Å².